The van der Waals surface area contributed by atoms with E-state index in [1.807, 2.05) is 25.1 Å². The third kappa shape index (κ3) is 4.12. The number of hydrogen-bond donors (Lipinski definition) is 0. The highest BCUT2D eigenvalue weighted by atomic mass is 16.5. The quantitative estimate of drug-likeness (QED) is 0.195. The van der Waals surface area contributed by atoms with Gasteiger partial charge in [0.25, 0.3) is 0 Å². The summed E-state index contributed by atoms with van der Waals surface area (Å²) in [7, 11) is 1.56. The second-order valence-corrected chi connectivity index (χ2v) is 7.85. The lowest BCUT2D eigenvalue weighted by Crippen LogP contribution is -2.09. The molecule has 1 aliphatic heterocycles. The lowest BCUT2D eigenvalue weighted by molar-refractivity contribution is 0.0734. The average Bonchev–Trinajstić information content (AvgIpc) is 3.34. The van der Waals surface area contributed by atoms with E-state index in [0.717, 1.165) is 0 Å². The van der Waals surface area contributed by atoms with Crippen LogP contribution >= 0.6 is 0 Å². The Morgan fingerprint density at radius 3 is 2.63 bits per heavy atom. The Bertz CT molecular complexity index is 1490. The SMILES string of the molecule is CCOc1ccc2oc(C)c(C(=O)Oc3ccc4c(c3)O/C(=C\c3ccccc3OC)C4=O)c2c1. The van der Waals surface area contributed by atoms with Crippen molar-refractivity contribution in [1.82, 2.24) is 0 Å². The van der Waals surface area contributed by atoms with Crippen LogP contribution in [-0.2, 0) is 0 Å². The summed E-state index contributed by atoms with van der Waals surface area (Å²) in [6.07, 6.45) is 1.63. The van der Waals surface area contributed by atoms with E-state index in [1.165, 1.54) is 6.07 Å². The number of esters is 1. The molecule has 3 aromatic carbocycles. The fraction of sp³-hybridized carbons (Fsp3) is 0.143. The molecule has 7 heteroatoms. The molecular weight excluding hydrogens is 448 g/mol. The van der Waals surface area contributed by atoms with Crippen LogP contribution in [0.2, 0.25) is 0 Å². The fourth-order valence-corrected chi connectivity index (χ4v) is 4.02. The molecule has 4 aromatic rings. The van der Waals surface area contributed by atoms with E-state index < -0.39 is 5.97 Å². The van der Waals surface area contributed by atoms with E-state index >= 15 is 0 Å². The van der Waals surface area contributed by atoms with Gasteiger partial charge in [0.05, 0.1) is 19.3 Å². The molecule has 176 valence electrons. The third-order valence-corrected chi connectivity index (χ3v) is 5.63. The van der Waals surface area contributed by atoms with Crippen molar-refractivity contribution in [3.05, 3.63) is 88.9 Å². The molecule has 0 bridgehead atoms. The largest absolute Gasteiger partial charge is 0.496 e. The maximum absolute atomic E-state index is 13.1. The number of ketones is 1. The molecule has 1 aliphatic rings. The summed E-state index contributed by atoms with van der Waals surface area (Å²) in [6.45, 7) is 4.09. The first-order chi connectivity index (χ1) is 17.0. The highest BCUT2D eigenvalue weighted by Gasteiger charge is 2.29. The number of hydrogen-bond acceptors (Lipinski definition) is 7. The van der Waals surface area contributed by atoms with Crippen LogP contribution in [0.5, 0.6) is 23.0 Å². The fourth-order valence-electron chi connectivity index (χ4n) is 4.02. The second-order valence-electron chi connectivity index (χ2n) is 7.85. The lowest BCUT2D eigenvalue weighted by Gasteiger charge is -2.06. The summed E-state index contributed by atoms with van der Waals surface area (Å²) in [5, 5.41) is 0.605. The maximum Gasteiger partial charge on any atom is 0.347 e. The summed E-state index contributed by atoms with van der Waals surface area (Å²) in [5.74, 6) is 1.57. The second kappa shape index (κ2) is 9.02. The van der Waals surface area contributed by atoms with Gasteiger partial charge < -0.3 is 23.4 Å². The van der Waals surface area contributed by atoms with Crippen LogP contribution in [0.1, 0.15) is 39.0 Å². The molecule has 5 rings (SSSR count). The van der Waals surface area contributed by atoms with Crippen molar-refractivity contribution in [2.75, 3.05) is 13.7 Å². The number of fused-ring (bicyclic) bond motifs is 2. The Morgan fingerprint density at radius 2 is 1.83 bits per heavy atom. The summed E-state index contributed by atoms with van der Waals surface area (Å²) in [6, 6.07) is 17.3. The normalized spacial score (nSPS) is 13.6. The molecule has 2 heterocycles. The van der Waals surface area contributed by atoms with Crippen LogP contribution in [0.25, 0.3) is 17.0 Å². The van der Waals surface area contributed by atoms with E-state index in [-0.39, 0.29) is 17.3 Å². The molecule has 0 saturated heterocycles. The number of aryl methyl sites for hydroxylation is 1. The summed E-state index contributed by atoms with van der Waals surface area (Å²) in [4.78, 5) is 25.9. The van der Waals surface area contributed by atoms with Gasteiger partial charge in [0.2, 0.25) is 5.78 Å². The molecular formula is C28H22O7. The van der Waals surface area contributed by atoms with Gasteiger partial charge in [0.1, 0.15) is 39.9 Å². The van der Waals surface area contributed by atoms with Gasteiger partial charge in [-0.2, -0.15) is 0 Å². The van der Waals surface area contributed by atoms with E-state index in [1.54, 1.807) is 56.5 Å². The van der Waals surface area contributed by atoms with Crippen molar-refractivity contribution < 1.29 is 33.0 Å². The molecule has 0 N–H and O–H groups in total. The highest BCUT2D eigenvalue weighted by Crippen LogP contribution is 2.36. The Balaban J connectivity index is 1.41. The van der Waals surface area contributed by atoms with Crippen molar-refractivity contribution in [2.45, 2.75) is 13.8 Å². The minimum absolute atomic E-state index is 0.160. The third-order valence-electron chi connectivity index (χ3n) is 5.63. The van der Waals surface area contributed by atoms with E-state index in [0.29, 0.717) is 57.3 Å². The van der Waals surface area contributed by atoms with Crippen LogP contribution in [-0.4, -0.2) is 25.5 Å². The maximum atomic E-state index is 13.1. The Morgan fingerprint density at radius 1 is 1.03 bits per heavy atom. The minimum Gasteiger partial charge on any atom is -0.496 e. The van der Waals surface area contributed by atoms with Gasteiger partial charge in [-0.1, -0.05) is 18.2 Å². The van der Waals surface area contributed by atoms with E-state index in [2.05, 4.69) is 0 Å². The highest BCUT2D eigenvalue weighted by molar-refractivity contribution is 6.14. The molecule has 0 atom stereocenters. The van der Waals surface area contributed by atoms with Gasteiger partial charge in [-0.25, -0.2) is 4.79 Å². The number of Topliss-reactive ketones (excluding diaryl/α,β-unsaturated/α-hetero) is 1. The zero-order valence-corrected chi connectivity index (χ0v) is 19.4. The number of benzene rings is 3. The molecule has 0 fully saturated rings. The number of allylic oxidation sites excluding steroid dienone is 1. The Hall–Kier alpha value is -4.52. The van der Waals surface area contributed by atoms with Crippen molar-refractivity contribution in [3.8, 4) is 23.0 Å². The zero-order valence-electron chi connectivity index (χ0n) is 19.4. The predicted molar refractivity (Wildman–Crippen MR) is 129 cm³/mol. The number of ether oxygens (including phenoxy) is 4. The van der Waals surface area contributed by atoms with Crippen molar-refractivity contribution in [1.29, 1.82) is 0 Å². The van der Waals surface area contributed by atoms with Crippen molar-refractivity contribution in [2.24, 2.45) is 0 Å². The standard InChI is InChI=1S/C28H22O7/c1-4-32-18-10-12-23-21(14-18)26(16(2)33-23)28(30)34-19-9-11-20-24(15-19)35-25(27(20)29)13-17-7-5-6-8-22(17)31-3/h5-15H,4H2,1-3H3/b25-13-. The number of carbonyl (C=O) groups excluding carboxylic acids is 2. The molecule has 0 spiro atoms. The van der Waals surface area contributed by atoms with Gasteiger partial charge >= 0.3 is 5.97 Å². The molecule has 0 aliphatic carbocycles. The smallest absolute Gasteiger partial charge is 0.347 e. The molecule has 0 radical (unpaired) electrons. The molecule has 35 heavy (non-hydrogen) atoms. The predicted octanol–water partition coefficient (Wildman–Crippen LogP) is 5.98. The van der Waals surface area contributed by atoms with Crippen LogP contribution in [0, 0.1) is 6.92 Å². The van der Waals surface area contributed by atoms with Crippen LogP contribution in [0.3, 0.4) is 0 Å². The van der Waals surface area contributed by atoms with Crippen molar-refractivity contribution in [3.63, 3.8) is 0 Å². The van der Waals surface area contributed by atoms with E-state index in [9.17, 15) is 9.59 Å². The average molecular weight is 470 g/mol. The Kier molecular flexibility index (Phi) is 5.74. The van der Waals surface area contributed by atoms with Gasteiger partial charge in [0, 0.05) is 17.0 Å². The first-order valence-corrected chi connectivity index (χ1v) is 11.1. The summed E-state index contributed by atoms with van der Waals surface area (Å²) in [5.41, 5.74) is 1.98. The number of para-hydroxylation sites is 1. The lowest BCUT2D eigenvalue weighted by atomic mass is 10.1. The summed E-state index contributed by atoms with van der Waals surface area (Å²) >= 11 is 0. The first-order valence-electron chi connectivity index (χ1n) is 11.1. The Labute approximate surface area is 201 Å². The van der Waals surface area contributed by atoms with Gasteiger partial charge in [0.15, 0.2) is 5.76 Å². The molecule has 7 nitrogen and oxygen atoms in total. The zero-order chi connectivity index (χ0) is 24.5. The first kappa shape index (κ1) is 22.3. The molecule has 0 unspecified atom stereocenters. The molecule has 1 aromatic heterocycles. The number of methoxy groups -OCH3 is 1. The topological polar surface area (TPSA) is 84.2 Å². The minimum atomic E-state index is -0.580. The van der Waals surface area contributed by atoms with Crippen LogP contribution in [0.15, 0.2) is 70.8 Å². The number of rotatable bonds is 6. The number of carbonyl (C=O) groups is 2. The van der Waals surface area contributed by atoms with Gasteiger partial charge in [-0.05, 0) is 56.3 Å². The summed E-state index contributed by atoms with van der Waals surface area (Å²) < 4.78 is 28.0. The van der Waals surface area contributed by atoms with Gasteiger partial charge in [-0.15, -0.1) is 0 Å². The number of furan rings is 1. The van der Waals surface area contributed by atoms with Crippen LogP contribution in [0.4, 0.5) is 0 Å². The molecule has 0 amide bonds. The monoisotopic (exact) mass is 470 g/mol. The van der Waals surface area contributed by atoms with E-state index in [4.69, 9.17) is 23.4 Å². The van der Waals surface area contributed by atoms with Crippen molar-refractivity contribution >= 4 is 28.8 Å². The molecule has 0 saturated carbocycles. The van der Waals surface area contributed by atoms with Crippen LogP contribution < -0.4 is 18.9 Å². The van der Waals surface area contributed by atoms with Gasteiger partial charge in [-0.3, -0.25) is 4.79 Å².